The molecule has 33 heavy (non-hydrogen) atoms. The quantitative estimate of drug-likeness (QED) is 0.551. The number of hydrogen-bond donors (Lipinski definition) is 1. The Morgan fingerprint density at radius 2 is 1.82 bits per heavy atom. The molecule has 0 saturated heterocycles. The number of amides is 1. The topological polar surface area (TPSA) is 82.5 Å². The number of carbonyl (C=O) groups is 2. The summed E-state index contributed by atoms with van der Waals surface area (Å²) < 4.78 is 12.8. The highest BCUT2D eigenvalue weighted by Gasteiger charge is 2.48. The summed E-state index contributed by atoms with van der Waals surface area (Å²) in [5.74, 6) is 3.22. The average molecular weight is 458 g/mol. The van der Waals surface area contributed by atoms with Crippen LogP contribution in [0.4, 0.5) is 0 Å². The Kier molecular flexibility index (Phi) is 6.87. The van der Waals surface area contributed by atoms with Crippen molar-refractivity contribution in [3.8, 4) is 5.88 Å². The van der Waals surface area contributed by atoms with Gasteiger partial charge in [0, 0.05) is 12.2 Å². The third-order valence-electron chi connectivity index (χ3n) is 7.51. The molecule has 0 radical (unpaired) electrons. The van der Waals surface area contributed by atoms with Gasteiger partial charge in [0.1, 0.15) is 5.56 Å². The lowest BCUT2D eigenvalue weighted by atomic mass is 9.54. The first kappa shape index (κ1) is 23.8. The first-order valence-corrected chi connectivity index (χ1v) is 12.6. The summed E-state index contributed by atoms with van der Waals surface area (Å²) >= 11 is 0. The Bertz CT molecular complexity index is 873. The van der Waals surface area contributed by atoms with Gasteiger partial charge in [-0.25, -0.2) is 4.68 Å². The van der Waals surface area contributed by atoms with Gasteiger partial charge in [-0.2, -0.15) is 5.10 Å². The first-order valence-electron chi connectivity index (χ1n) is 12.6. The zero-order chi connectivity index (χ0) is 23.8. The van der Waals surface area contributed by atoms with Gasteiger partial charge in [-0.15, -0.1) is 0 Å². The highest BCUT2D eigenvalue weighted by atomic mass is 16.5. The summed E-state index contributed by atoms with van der Waals surface area (Å²) in [6.07, 6.45) is 11.4. The van der Waals surface area contributed by atoms with Crippen molar-refractivity contribution in [1.29, 1.82) is 0 Å². The lowest BCUT2D eigenvalue weighted by Gasteiger charge is -2.54. The molecule has 5 rings (SSSR count). The summed E-state index contributed by atoms with van der Waals surface area (Å²) in [5.41, 5.74) is -0.372. The van der Waals surface area contributed by atoms with Gasteiger partial charge >= 0.3 is 5.97 Å². The van der Waals surface area contributed by atoms with Crippen molar-refractivity contribution in [1.82, 2.24) is 15.1 Å². The maximum absolute atomic E-state index is 13.4. The molecule has 4 aliphatic rings. The Balaban J connectivity index is 1.52. The largest absolute Gasteiger partial charge is 0.477 e. The van der Waals surface area contributed by atoms with E-state index < -0.39 is 5.41 Å². The molecule has 7 nitrogen and oxygen atoms in total. The SMILES string of the molecule is CCOC(=O)C(C)(C)/C=C/n1ncc(C(=O)NC2C3CC4CC(C3)CC2C4)c1OCC(C)C. The number of esters is 1. The molecule has 0 aliphatic heterocycles. The van der Waals surface area contributed by atoms with Crippen molar-refractivity contribution in [2.45, 2.75) is 72.8 Å². The Morgan fingerprint density at radius 1 is 1.18 bits per heavy atom. The fraction of sp³-hybridized carbons (Fsp3) is 0.731. The summed E-state index contributed by atoms with van der Waals surface area (Å²) in [5, 5.41) is 7.76. The maximum atomic E-state index is 13.4. The van der Waals surface area contributed by atoms with Crippen LogP contribution in [-0.2, 0) is 9.53 Å². The van der Waals surface area contributed by atoms with E-state index in [4.69, 9.17) is 9.47 Å². The molecule has 4 aliphatic carbocycles. The van der Waals surface area contributed by atoms with Crippen molar-refractivity contribution in [3.63, 3.8) is 0 Å². The van der Waals surface area contributed by atoms with Crippen molar-refractivity contribution < 1.29 is 19.1 Å². The molecule has 4 saturated carbocycles. The number of aromatic nitrogens is 2. The monoisotopic (exact) mass is 457 g/mol. The molecular weight excluding hydrogens is 418 g/mol. The minimum atomic E-state index is -0.819. The van der Waals surface area contributed by atoms with Gasteiger partial charge in [0.05, 0.1) is 24.8 Å². The van der Waals surface area contributed by atoms with Crippen LogP contribution in [0.1, 0.15) is 77.1 Å². The molecule has 4 fully saturated rings. The van der Waals surface area contributed by atoms with Gasteiger partial charge < -0.3 is 14.8 Å². The molecule has 182 valence electrons. The molecule has 4 bridgehead atoms. The smallest absolute Gasteiger partial charge is 0.315 e. The zero-order valence-corrected chi connectivity index (χ0v) is 20.7. The predicted molar refractivity (Wildman–Crippen MR) is 127 cm³/mol. The van der Waals surface area contributed by atoms with Crippen molar-refractivity contribution >= 4 is 18.1 Å². The van der Waals surface area contributed by atoms with Gasteiger partial charge in [0.15, 0.2) is 0 Å². The summed E-state index contributed by atoms with van der Waals surface area (Å²) in [7, 11) is 0. The number of nitrogens with zero attached hydrogens (tertiary/aromatic N) is 2. The van der Waals surface area contributed by atoms with E-state index in [1.807, 2.05) is 0 Å². The molecule has 1 heterocycles. The van der Waals surface area contributed by atoms with Gasteiger partial charge in [0.25, 0.3) is 5.91 Å². The fourth-order valence-electron chi connectivity index (χ4n) is 6.03. The highest BCUT2D eigenvalue weighted by Crippen LogP contribution is 2.53. The van der Waals surface area contributed by atoms with Gasteiger partial charge in [0.2, 0.25) is 5.88 Å². The van der Waals surface area contributed by atoms with Crippen LogP contribution in [0, 0.1) is 35.0 Å². The van der Waals surface area contributed by atoms with Crippen LogP contribution in [0.25, 0.3) is 6.20 Å². The van der Waals surface area contributed by atoms with Crippen molar-refractivity contribution in [2.75, 3.05) is 13.2 Å². The van der Waals surface area contributed by atoms with Crippen LogP contribution in [-0.4, -0.2) is 40.9 Å². The van der Waals surface area contributed by atoms with Gasteiger partial charge in [-0.3, -0.25) is 9.59 Å². The summed E-state index contributed by atoms with van der Waals surface area (Å²) in [4.78, 5) is 25.6. The van der Waals surface area contributed by atoms with Crippen LogP contribution in [0.15, 0.2) is 12.3 Å². The number of rotatable bonds is 9. The summed E-state index contributed by atoms with van der Waals surface area (Å²) in [6, 6.07) is 0.255. The second-order valence-electron chi connectivity index (χ2n) is 11.2. The van der Waals surface area contributed by atoms with Gasteiger partial charge in [-0.1, -0.05) is 13.8 Å². The standard InChI is InChI=1S/C26H39N3O4/c1-6-32-25(31)26(4,5)7-8-29-24(33-15-16(2)3)21(14-27-29)23(30)28-22-19-10-17-9-18(12-19)13-20(22)11-17/h7-8,14,16-20,22H,6,9-13,15H2,1-5H3,(H,28,30)/b8-7+. The van der Waals surface area contributed by atoms with Crippen LogP contribution in [0.2, 0.25) is 0 Å². The van der Waals surface area contributed by atoms with E-state index in [9.17, 15) is 9.59 Å². The number of nitrogens with one attached hydrogen (secondary N) is 1. The molecule has 0 atom stereocenters. The second kappa shape index (κ2) is 9.51. The van der Waals surface area contributed by atoms with Crippen LogP contribution in [0.3, 0.4) is 0 Å². The predicted octanol–water partition coefficient (Wildman–Crippen LogP) is 4.53. The lowest BCUT2D eigenvalue weighted by Crippen LogP contribution is -2.55. The average Bonchev–Trinajstić information content (AvgIpc) is 3.16. The minimum Gasteiger partial charge on any atom is -0.477 e. The van der Waals surface area contributed by atoms with Crippen LogP contribution < -0.4 is 10.1 Å². The molecule has 0 spiro atoms. The maximum Gasteiger partial charge on any atom is 0.315 e. The molecule has 1 amide bonds. The molecule has 1 aromatic heterocycles. The van der Waals surface area contributed by atoms with E-state index in [0.717, 1.165) is 11.8 Å². The van der Waals surface area contributed by atoms with Crippen LogP contribution in [0.5, 0.6) is 5.88 Å². The van der Waals surface area contributed by atoms with E-state index in [-0.39, 0.29) is 17.9 Å². The van der Waals surface area contributed by atoms with E-state index in [0.29, 0.717) is 42.4 Å². The number of ether oxygens (including phenoxy) is 2. The Morgan fingerprint density at radius 3 is 2.39 bits per heavy atom. The fourth-order valence-corrected chi connectivity index (χ4v) is 6.03. The molecule has 0 unspecified atom stereocenters. The summed E-state index contributed by atoms with van der Waals surface area (Å²) in [6.45, 7) is 10.3. The normalized spacial score (nSPS) is 28.5. The van der Waals surface area contributed by atoms with Gasteiger partial charge in [-0.05, 0) is 88.5 Å². The minimum absolute atomic E-state index is 0.115. The van der Waals surface area contributed by atoms with Crippen molar-refractivity contribution in [3.05, 3.63) is 17.8 Å². The molecular formula is C26H39N3O4. The Labute approximate surface area is 197 Å². The van der Waals surface area contributed by atoms with E-state index in [2.05, 4.69) is 24.3 Å². The number of carbonyl (C=O) groups excluding carboxylic acids is 2. The van der Waals surface area contributed by atoms with E-state index in [1.54, 1.807) is 43.9 Å². The van der Waals surface area contributed by atoms with Crippen LogP contribution >= 0.6 is 0 Å². The molecule has 1 aromatic rings. The van der Waals surface area contributed by atoms with Crippen molar-refractivity contribution in [2.24, 2.45) is 35.0 Å². The lowest BCUT2D eigenvalue weighted by molar-refractivity contribution is -0.150. The highest BCUT2D eigenvalue weighted by molar-refractivity contribution is 5.96. The first-order chi connectivity index (χ1) is 15.7. The zero-order valence-electron chi connectivity index (χ0n) is 20.7. The third kappa shape index (κ3) is 5.12. The third-order valence-corrected chi connectivity index (χ3v) is 7.51. The Hall–Kier alpha value is -2.31. The molecule has 7 heteroatoms. The second-order valence-corrected chi connectivity index (χ2v) is 11.2. The number of hydrogen-bond acceptors (Lipinski definition) is 5. The van der Waals surface area contributed by atoms with E-state index in [1.165, 1.54) is 32.1 Å². The molecule has 1 N–H and O–H groups in total. The van der Waals surface area contributed by atoms with E-state index >= 15 is 0 Å². The molecule has 0 aromatic carbocycles.